The van der Waals surface area contributed by atoms with Gasteiger partial charge in [0.25, 0.3) is 0 Å². The first-order valence-electron chi connectivity index (χ1n) is 6.15. The SMILES string of the molecule is OCCC1CNCCCN1c1ccccc1Cl. The van der Waals surface area contributed by atoms with Gasteiger partial charge in [0.1, 0.15) is 0 Å². The lowest BCUT2D eigenvalue weighted by molar-refractivity contribution is 0.273. The van der Waals surface area contributed by atoms with E-state index in [9.17, 15) is 0 Å². The maximum absolute atomic E-state index is 9.16. The van der Waals surface area contributed by atoms with E-state index in [-0.39, 0.29) is 6.61 Å². The molecule has 1 saturated heterocycles. The molecule has 1 unspecified atom stereocenters. The van der Waals surface area contributed by atoms with Crippen molar-refractivity contribution in [2.24, 2.45) is 0 Å². The van der Waals surface area contributed by atoms with E-state index in [1.165, 1.54) is 0 Å². The summed E-state index contributed by atoms with van der Waals surface area (Å²) in [5.41, 5.74) is 1.08. The second-order valence-corrected chi connectivity index (χ2v) is 4.78. The van der Waals surface area contributed by atoms with Gasteiger partial charge in [-0.1, -0.05) is 23.7 Å². The van der Waals surface area contributed by atoms with Crippen LogP contribution in [0.4, 0.5) is 5.69 Å². The van der Waals surface area contributed by atoms with Gasteiger partial charge >= 0.3 is 0 Å². The van der Waals surface area contributed by atoms with Crippen molar-refractivity contribution in [1.29, 1.82) is 0 Å². The van der Waals surface area contributed by atoms with Crippen LogP contribution in [-0.2, 0) is 0 Å². The molecule has 0 amide bonds. The molecule has 2 N–H and O–H groups in total. The van der Waals surface area contributed by atoms with Crippen molar-refractivity contribution in [3.8, 4) is 0 Å². The number of benzene rings is 1. The number of aliphatic hydroxyl groups excluding tert-OH is 1. The Kier molecular flexibility index (Phi) is 4.66. The van der Waals surface area contributed by atoms with Gasteiger partial charge in [-0.05, 0) is 31.5 Å². The molecule has 1 aliphatic heterocycles. The normalized spacial score (nSPS) is 21.3. The molecule has 1 aromatic carbocycles. The molecule has 0 spiro atoms. The van der Waals surface area contributed by atoms with E-state index in [2.05, 4.69) is 16.3 Å². The average Bonchev–Trinajstić information content (AvgIpc) is 2.56. The minimum Gasteiger partial charge on any atom is -0.396 e. The number of para-hydroxylation sites is 1. The fraction of sp³-hybridized carbons (Fsp3) is 0.538. The summed E-state index contributed by atoms with van der Waals surface area (Å²) in [6, 6.07) is 8.25. The molecule has 0 aromatic heterocycles. The monoisotopic (exact) mass is 254 g/mol. The third-order valence-electron chi connectivity index (χ3n) is 3.20. The van der Waals surface area contributed by atoms with E-state index in [4.69, 9.17) is 16.7 Å². The van der Waals surface area contributed by atoms with Crippen LogP contribution in [0.25, 0.3) is 0 Å². The van der Waals surface area contributed by atoms with Gasteiger partial charge in [0.15, 0.2) is 0 Å². The van der Waals surface area contributed by atoms with Crippen molar-refractivity contribution in [1.82, 2.24) is 5.32 Å². The molecular formula is C13H19ClN2O. The Hall–Kier alpha value is -0.770. The zero-order valence-electron chi connectivity index (χ0n) is 9.90. The predicted octanol–water partition coefficient (Wildman–Crippen LogP) is 1.89. The third-order valence-corrected chi connectivity index (χ3v) is 3.52. The highest BCUT2D eigenvalue weighted by Crippen LogP contribution is 2.28. The molecule has 1 aromatic rings. The Morgan fingerprint density at radius 2 is 2.24 bits per heavy atom. The van der Waals surface area contributed by atoms with Gasteiger partial charge in [-0.3, -0.25) is 0 Å². The number of hydrogen-bond acceptors (Lipinski definition) is 3. The van der Waals surface area contributed by atoms with Crippen LogP contribution in [0.5, 0.6) is 0 Å². The lowest BCUT2D eigenvalue weighted by Crippen LogP contribution is -2.40. The van der Waals surface area contributed by atoms with Crippen molar-refractivity contribution < 1.29 is 5.11 Å². The van der Waals surface area contributed by atoms with E-state index in [0.717, 1.165) is 43.2 Å². The summed E-state index contributed by atoms with van der Waals surface area (Å²) >= 11 is 6.25. The molecule has 1 fully saturated rings. The Labute approximate surface area is 107 Å². The molecular weight excluding hydrogens is 236 g/mol. The van der Waals surface area contributed by atoms with E-state index in [0.29, 0.717) is 6.04 Å². The van der Waals surface area contributed by atoms with Gasteiger partial charge in [0, 0.05) is 25.7 Å². The number of nitrogens with one attached hydrogen (secondary N) is 1. The first-order valence-corrected chi connectivity index (χ1v) is 6.53. The number of nitrogens with zero attached hydrogens (tertiary/aromatic N) is 1. The number of aliphatic hydroxyl groups is 1. The fourth-order valence-electron chi connectivity index (χ4n) is 2.34. The highest BCUT2D eigenvalue weighted by molar-refractivity contribution is 6.33. The largest absolute Gasteiger partial charge is 0.396 e. The molecule has 1 heterocycles. The minimum atomic E-state index is 0.216. The van der Waals surface area contributed by atoms with Gasteiger partial charge in [-0.15, -0.1) is 0 Å². The Morgan fingerprint density at radius 1 is 1.41 bits per heavy atom. The summed E-state index contributed by atoms with van der Waals surface area (Å²) < 4.78 is 0. The van der Waals surface area contributed by atoms with Crippen molar-refractivity contribution in [2.75, 3.05) is 31.1 Å². The molecule has 2 rings (SSSR count). The Bertz CT molecular complexity index is 359. The molecule has 3 nitrogen and oxygen atoms in total. The zero-order valence-corrected chi connectivity index (χ0v) is 10.7. The number of hydrogen-bond donors (Lipinski definition) is 2. The van der Waals surface area contributed by atoms with Crippen LogP contribution in [0, 0.1) is 0 Å². The first kappa shape index (κ1) is 12.7. The lowest BCUT2D eigenvalue weighted by Gasteiger charge is -2.32. The lowest BCUT2D eigenvalue weighted by atomic mass is 10.1. The zero-order chi connectivity index (χ0) is 12.1. The molecule has 17 heavy (non-hydrogen) atoms. The van der Waals surface area contributed by atoms with Crippen LogP contribution in [-0.4, -0.2) is 37.4 Å². The quantitative estimate of drug-likeness (QED) is 0.865. The molecule has 0 bridgehead atoms. The summed E-state index contributed by atoms with van der Waals surface area (Å²) in [5, 5.41) is 13.4. The average molecular weight is 255 g/mol. The molecule has 1 atom stereocenters. The van der Waals surface area contributed by atoms with Crippen LogP contribution >= 0.6 is 11.6 Å². The van der Waals surface area contributed by atoms with Crippen LogP contribution in [0.2, 0.25) is 5.02 Å². The number of rotatable bonds is 3. The van der Waals surface area contributed by atoms with Crippen LogP contribution in [0.15, 0.2) is 24.3 Å². The maximum atomic E-state index is 9.16. The van der Waals surface area contributed by atoms with E-state index >= 15 is 0 Å². The summed E-state index contributed by atoms with van der Waals surface area (Å²) in [7, 11) is 0. The number of anilines is 1. The van der Waals surface area contributed by atoms with E-state index < -0.39 is 0 Å². The van der Waals surface area contributed by atoms with E-state index in [1.54, 1.807) is 0 Å². The standard InChI is InChI=1S/C13H19ClN2O/c14-12-4-1-2-5-13(12)16-8-3-7-15-10-11(16)6-9-17/h1-2,4-5,11,15,17H,3,6-10H2. The molecule has 0 aliphatic carbocycles. The summed E-state index contributed by atoms with van der Waals surface area (Å²) in [6.07, 6.45) is 1.88. The summed E-state index contributed by atoms with van der Waals surface area (Å²) in [4.78, 5) is 2.32. The summed E-state index contributed by atoms with van der Waals surface area (Å²) in [6.45, 7) is 3.14. The Balaban J connectivity index is 2.22. The smallest absolute Gasteiger partial charge is 0.0639 e. The first-order chi connectivity index (χ1) is 8.33. The molecule has 0 radical (unpaired) electrons. The van der Waals surface area contributed by atoms with Crippen molar-refractivity contribution in [3.63, 3.8) is 0 Å². The second-order valence-electron chi connectivity index (χ2n) is 4.37. The van der Waals surface area contributed by atoms with Crippen molar-refractivity contribution in [2.45, 2.75) is 18.9 Å². The second kappa shape index (κ2) is 6.24. The van der Waals surface area contributed by atoms with Crippen LogP contribution in [0.1, 0.15) is 12.8 Å². The fourth-order valence-corrected chi connectivity index (χ4v) is 2.59. The van der Waals surface area contributed by atoms with Crippen molar-refractivity contribution >= 4 is 17.3 Å². The molecule has 94 valence electrons. The van der Waals surface area contributed by atoms with Gasteiger partial charge in [0.2, 0.25) is 0 Å². The topological polar surface area (TPSA) is 35.5 Å². The Morgan fingerprint density at radius 3 is 3.00 bits per heavy atom. The van der Waals surface area contributed by atoms with E-state index in [1.807, 2.05) is 18.2 Å². The van der Waals surface area contributed by atoms with Crippen molar-refractivity contribution in [3.05, 3.63) is 29.3 Å². The third kappa shape index (κ3) is 3.12. The minimum absolute atomic E-state index is 0.216. The molecule has 4 heteroatoms. The van der Waals surface area contributed by atoms with Gasteiger partial charge in [0.05, 0.1) is 10.7 Å². The van der Waals surface area contributed by atoms with Gasteiger partial charge in [-0.25, -0.2) is 0 Å². The number of halogens is 1. The van der Waals surface area contributed by atoms with Crippen LogP contribution < -0.4 is 10.2 Å². The molecule has 0 saturated carbocycles. The highest BCUT2D eigenvalue weighted by Gasteiger charge is 2.21. The van der Waals surface area contributed by atoms with Gasteiger partial charge in [-0.2, -0.15) is 0 Å². The highest BCUT2D eigenvalue weighted by atomic mass is 35.5. The van der Waals surface area contributed by atoms with Gasteiger partial charge < -0.3 is 15.3 Å². The summed E-state index contributed by atoms with van der Waals surface area (Å²) in [5.74, 6) is 0. The van der Waals surface area contributed by atoms with Crippen LogP contribution in [0.3, 0.4) is 0 Å². The predicted molar refractivity (Wildman–Crippen MR) is 71.8 cm³/mol. The maximum Gasteiger partial charge on any atom is 0.0639 e. The molecule has 1 aliphatic rings.